The topological polar surface area (TPSA) is 75.6 Å². The number of aliphatic carboxylic acids is 1. The highest BCUT2D eigenvalue weighted by Gasteiger charge is 2.39. The molecule has 174 valence electrons. The molecule has 2 aromatic carbocycles. The van der Waals surface area contributed by atoms with Gasteiger partial charge < -0.3 is 15.2 Å². The van der Waals surface area contributed by atoms with E-state index in [4.69, 9.17) is 4.74 Å². The Labute approximate surface area is 199 Å². The predicted molar refractivity (Wildman–Crippen MR) is 131 cm³/mol. The number of nitrogens with one attached hydrogen (secondary N) is 1. The normalized spacial score (nSPS) is 23.7. The third kappa shape index (κ3) is 4.77. The molecule has 4 unspecified atom stereocenters. The first kappa shape index (κ1) is 22.3. The Morgan fingerprint density at radius 1 is 1.03 bits per heavy atom. The van der Waals surface area contributed by atoms with E-state index in [0.29, 0.717) is 6.42 Å². The Kier molecular flexibility index (Phi) is 6.63. The number of carbonyl (C=O) groups is 2. The zero-order valence-electron chi connectivity index (χ0n) is 18.7. The molecule has 0 heterocycles. The van der Waals surface area contributed by atoms with Crippen molar-refractivity contribution in [3.05, 3.63) is 59.7 Å². The average molecular weight is 466 g/mol. The molecule has 4 atom stereocenters. The van der Waals surface area contributed by atoms with Gasteiger partial charge in [-0.1, -0.05) is 55.0 Å². The van der Waals surface area contributed by atoms with Crippen LogP contribution in [0.5, 0.6) is 0 Å². The van der Waals surface area contributed by atoms with Gasteiger partial charge >= 0.3 is 12.1 Å². The summed E-state index contributed by atoms with van der Waals surface area (Å²) in [5, 5.41) is 12.1. The Balaban J connectivity index is 1.11. The highest BCUT2D eigenvalue weighted by Crippen LogP contribution is 2.49. The minimum absolute atomic E-state index is 0.0382. The highest BCUT2D eigenvalue weighted by atomic mass is 32.2. The molecule has 5 nitrogen and oxygen atoms in total. The van der Waals surface area contributed by atoms with Crippen molar-refractivity contribution in [3.63, 3.8) is 0 Å². The summed E-state index contributed by atoms with van der Waals surface area (Å²) < 4.78 is 5.52. The lowest BCUT2D eigenvalue weighted by Crippen LogP contribution is -2.41. The van der Waals surface area contributed by atoms with E-state index in [1.807, 2.05) is 36.0 Å². The van der Waals surface area contributed by atoms with Gasteiger partial charge in [0.15, 0.2) is 0 Å². The lowest BCUT2D eigenvalue weighted by Gasteiger charge is -2.21. The quantitative estimate of drug-likeness (QED) is 0.476. The van der Waals surface area contributed by atoms with Crippen LogP contribution in [0.25, 0.3) is 11.1 Å². The van der Waals surface area contributed by atoms with E-state index in [1.54, 1.807) is 0 Å². The molecule has 2 aromatic rings. The first-order valence-electron chi connectivity index (χ1n) is 12.0. The lowest BCUT2D eigenvalue weighted by atomic mass is 9.90. The van der Waals surface area contributed by atoms with E-state index in [0.717, 1.165) is 51.5 Å². The number of hydrogen-bond donors (Lipinski definition) is 2. The van der Waals surface area contributed by atoms with Crippen LogP contribution in [0.15, 0.2) is 48.5 Å². The fraction of sp³-hybridized carbons (Fsp3) is 0.481. The SMILES string of the molecule is O=C(NC(CCSCC1CC2CCC1C2)C(=O)O)OCC1c2ccccc2-c2ccccc21. The molecular weight excluding hydrogens is 434 g/mol. The maximum Gasteiger partial charge on any atom is 0.407 e. The zero-order valence-corrected chi connectivity index (χ0v) is 19.6. The minimum atomic E-state index is -1.01. The second kappa shape index (κ2) is 9.80. The van der Waals surface area contributed by atoms with Crippen LogP contribution >= 0.6 is 11.8 Å². The van der Waals surface area contributed by atoms with Crippen LogP contribution in [0, 0.1) is 17.8 Å². The van der Waals surface area contributed by atoms with Crippen LogP contribution in [-0.2, 0) is 9.53 Å². The molecule has 2 N–H and O–H groups in total. The van der Waals surface area contributed by atoms with Crippen LogP contribution in [0.4, 0.5) is 4.79 Å². The summed E-state index contributed by atoms with van der Waals surface area (Å²) >= 11 is 1.83. The summed E-state index contributed by atoms with van der Waals surface area (Å²) in [7, 11) is 0. The predicted octanol–water partition coefficient (Wildman–Crippen LogP) is 5.54. The van der Waals surface area contributed by atoms with Gasteiger partial charge in [0, 0.05) is 5.92 Å². The molecule has 0 radical (unpaired) electrons. The molecule has 0 spiro atoms. The summed E-state index contributed by atoms with van der Waals surface area (Å²) in [6.07, 6.45) is 5.26. The number of carbonyl (C=O) groups excluding carboxylic acids is 1. The first-order chi connectivity index (χ1) is 16.1. The molecule has 0 saturated heterocycles. The van der Waals surface area contributed by atoms with Crippen molar-refractivity contribution in [2.45, 2.75) is 44.1 Å². The summed E-state index contributed by atoms with van der Waals surface area (Å²) in [6, 6.07) is 15.4. The van der Waals surface area contributed by atoms with Crippen molar-refractivity contribution in [2.24, 2.45) is 17.8 Å². The third-order valence-electron chi connectivity index (χ3n) is 7.70. The van der Waals surface area contributed by atoms with E-state index >= 15 is 0 Å². The van der Waals surface area contributed by atoms with Gasteiger partial charge in [-0.3, -0.25) is 0 Å². The molecule has 3 aliphatic carbocycles. The van der Waals surface area contributed by atoms with E-state index in [-0.39, 0.29) is 12.5 Å². The van der Waals surface area contributed by atoms with Crippen LogP contribution in [0.1, 0.15) is 49.1 Å². The van der Waals surface area contributed by atoms with Crippen LogP contribution in [0.3, 0.4) is 0 Å². The first-order valence-corrected chi connectivity index (χ1v) is 13.2. The van der Waals surface area contributed by atoms with Crippen molar-refractivity contribution in [1.82, 2.24) is 5.32 Å². The number of rotatable bonds is 9. The number of benzene rings is 2. The zero-order chi connectivity index (χ0) is 22.8. The van der Waals surface area contributed by atoms with Crippen LogP contribution < -0.4 is 5.32 Å². The maximum absolute atomic E-state index is 12.5. The minimum Gasteiger partial charge on any atom is -0.480 e. The largest absolute Gasteiger partial charge is 0.480 e. The maximum atomic E-state index is 12.5. The summed E-state index contributed by atoms with van der Waals surface area (Å²) in [4.78, 5) is 24.2. The van der Waals surface area contributed by atoms with Gasteiger partial charge in [0.1, 0.15) is 12.6 Å². The number of thioether (sulfide) groups is 1. The highest BCUT2D eigenvalue weighted by molar-refractivity contribution is 7.99. The molecule has 1 amide bonds. The Morgan fingerprint density at radius 2 is 1.73 bits per heavy atom. The fourth-order valence-electron chi connectivity index (χ4n) is 6.06. The van der Waals surface area contributed by atoms with Gasteiger partial charge in [0.05, 0.1) is 0 Å². The number of amides is 1. The fourth-order valence-corrected chi connectivity index (χ4v) is 7.34. The smallest absolute Gasteiger partial charge is 0.407 e. The van der Waals surface area contributed by atoms with E-state index in [1.165, 1.54) is 25.7 Å². The Hall–Kier alpha value is -2.47. The Morgan fingerprint density at radius 3 is 2.33 bits per heavy atom. The summed E-state index contributed by atoms with van der Waals surface area (Å²) in [5.74, 6) is 3.41. The van der Waals surface area contributed by atoms with Gasteiger partial charge in [-0.2, -0.15) is 11.8 Å². The van der Waals surface area contributed by atoms with E-state index in [2.05, 4.69) is 29.6 Å². The van der Waals surface area contributed by atoms with Gasteiger partial charge in [-0.25, -0.2) is 9.59 Å². The number of hydrogen-bond acceptors (Lipinski definition) is 4. The van der Waals surface area contributed by atoms with Gasteiger partial charge in [0.2, 0.25) is 0 Å². The van der Waals surface area contributed by atoms with Crippen LogP contribution in [-0.4, -0.2) is 41.3 Å². The third-order valence-corrected chi connectivity index (χ3v) is 8.89. The number of carboxylic acid groups (broad SMARTS) is 1. The van der Waals surface area contributed by atoms with Crippen molar-refractivity contribution in [3.8, 4) is 11.1 Å². The van der Waals surface area contributed by atoms with Crippen LogP contribution in [0.2, 0.25) is 0 Å². The molecule has 5 rings (SSSR count). The van der Waals surface area contributed by atoms with Gasteiger partial charge in [-0.05, 0) is 77.2 Å². The molecule has 0 aromatic heterocycles. The van der Waals surface area contributed by atoms with Crippen molar-refractivity contribution < 1.29 is 19.4 Å². The molecular formula is C27H31NO4S. The molecule has 3 aliphatic rings. The van der Waals surface area contributed by atoms with Gasteiger partial charge in [0.25, 0.3) is 0 Å². The number of fused-ring (bicyclic) bond motifs is 5. The number of carboxylic acids is 1. The summed E-state index contributed by atoms with van der Waals surface area (Å²) in [6.45, 7) is 0.186. The second-order valence-corrected chi connectivity index (χ2v) is 10.8. The standard InChI is InChI=1S/C27H31NO4S/c29-26(30)25(11-12-33-16-19-14-17-9-10-18(19)13-17)28-27(31)32-15-24-22-7-3-1-5-20(22)21-6-2-4-8-23(21)24/h1-8,17-19,24-25H,9-16H2,(H,28,31)(H,29,30). The Bertz CT molecular complexity index is 979. The molecule has 2 bridgehead atoms. The van der Waals surface area contributed by atoms with Crippen molar-refractivity contribution in [1.29, 1.82) is 0 Å². The number of ether oxygens (including phenoxy) is 1. The van der Waals surface area contributed by atoms with Crippen molar-refractivity contribution in [2.75, 3.05) is 18.1 Å². The molecule has 0 aliphatic heterocycles. The molecule has 6 heteroatoms. The average Bonchev–Trinajstić information content (AvgIpc) is 3.53. The second-order valence-electron chi connectivity index (χ2n) is 9.66. The van der Waals surface area contributed by atoms with Crippen molar-refractivity contribution >= 4 is 23.8 Å². The molecule has 2 fully saturated rings. The molecule has 33 heavy (non-hydrogen) atoms. The van der Waals surface area contributed by atoms with Gasteiger partial charge in [-0.15, -0.1) is 0 Å². The lowest BCUT2D eigenvalue weighted by molar-refractivity contribution is -0.139. The number of alkyl carbamates (subject to hydrolysis) is 1. The van der Waals surface area contributed by atoms with E-state index < -0.39 is 18.1 Å². The monoisotopic (exact) mass is 465 g/mol. The molecule has 2 saturated carbocycles. The van der Waals surface area contributed by atoms with E-state index in [9.17, 15) is 14.7 Å². The summed E-state index contributed by atoms with van der Waals surface area (Å²) in [5.41, 5.74) is 4.60.